The lowest BCUT2D eigenvalue weighted by molar-refractivity contribution is -0.132. The zero-order valence-electron chi connectivity index (χ0n) is 21.9. The summed E-state index contributed by atoms with van der Waals surface area (Å²) in [4.78, 5) is 37.2. The number of carbonyl (C=O) groups is 2. The molecular weight excluding hydrogens is 523 g/mol. The average Bonchev–Trinajstić information content (AvgIpc) is 3.73. The second-order valence-electron chi connectivity index (χ2n) is 9.33. The fraction of sp³-hybridized carbons (Fsp3) is 0.370. The third kappa shape index (κ3) is 6.54. The van der Waals surface area contributed by atoms with Gasteiger partial charge in [0, 0.05) is 32.2 Å². The highest BCUT2D eigenvalue weighted by molar-refractivity contribution is 5.95. The maximum absolute atomic E-state index is 14.7. The van der Waals surface area contributed by atoms with E-state index in [-0.39, 0.29) is 28.9 Å². The van der Waals surface area contributed by atoms with Gasteiger partial charge in [0.15, 0.2) is 17.8 Å². The van der Waals surface area contributed by atoms with E-state index in [0.717, 1.165) is 32.5 Å². The molecule has 1 N–H and O–H groups in total. The summed E-state index contributed by atoms with van der Waals surface area (Å²) < 4.78 is 35.6. The number of nitrogens with zero attached hydrogens (tertiary/aromatic N) is 5. The Hall–Kier alpha value is -4.52. The Balaban J connectivity index is 1.04. The molecule has 210 valence electrons. The molecule has 40 heavy (non-hydrogen) atoms. The maximum Gasteiger partial charge on any atom is 0.287 e. The van der Waals surface area contributed by atoms with E-state index < -0.39 is 17.8 Å². The summed E-state index contributed by atoms with van der Waals surface area (Å²) in [6, 6.07) is 7.02. The smallest absolute Gasteiger partial charge is 0.287 e. The number of furan rings is 1. The van der Waals surface area contributed by atoms with Gasteiger partial charge in [0.2, 0.25) is 11.7 Å². The number of aromatic nitrogens is 3. The lowest BCUT2D eigenvalue weighted by Crippen LogP contribution is -2.48. The van der Waals surface area contributed by atoms with Crippen LogP contribution in [0.25, 0.3) is 23.0 Å². The van der Waals surface area contributed by atoms with Gasteiger partial charge < -0.3 is 33.2 Å². The monoisotopic (exact) mass is 552 g/mol. The first-order valence-corrected chi connectivity index (χ1v) is 13.0. The van der Waals surface area contributed by atoms with Crippen LogP contribution in [0.3, 0.4) is 0 Å². The van der Waals surface area contributed by atoms with Crippen LogP contribution in [0, 0.1) is 5.82 Å². The molecule has 3 aromatic heterocycles. The van der Waals surface area contributed by atoms with E-state index in [2.05, 4.69) is 25.3 Å². The molecule has 13 heteroatoms. The number of benzene rings is 1. The molecule has 0 aliphatic carbocycles. The molecule has 1 saturated heterocycles. The van der Waals surface area contributed by atoms with Crippen LogP contribution in [-0.4, -0.2) is 82.1 Å². The van der Waals surface area contributed by atoms with Gasteiger partial charge in [-0.05, 0) is 50.6 Å². The molecule has 1 atom stereocenters. The molecule has 1 aromatic carbocycles. The van der Waals surface area contributed by atoms with Gasteiger partial charge in [0.05, 0.1) is 18.4 Å². The van der Waals surface area contributed by atoms with Gasteiger partial charge in [-0.1, -0.05) is 5.16 Å². The van der Waals surface area contributed by atoms with E-state index in [4.69, 9.17) is 18.1 Å². The van der Waals surface area contributed by atoms with Crippen molar-refractivity contribution < 1.29 is 32.1 Å². The van der Waals surface area contributed by atoms with Gasteiger partial charge >= 0.3 is 0 Å². The Labute approximate surface area is 229 Å². The lowest BCUT2D eigenvalue weighted by Gasteiger charge is -2.25. The summed E-state index contributed by atoms with van der Waals surface area (Å²) in [6.07, 6.45) is 5.58. The SMILES string of the molecule is C[C@H](NC(=O)c1ccco1)C(=O)N1CCCN(CCCOc2ccc(-c3noc(-c4cocn4)n3)c(F)c2)CC1. The average molecular weight is 553 g/mol. The van der Waals surface area contributed by atoms with E-state index in [9.17, 15) is 14.0 Å². The van der Waals surface area contributed by atoms with Gasteiger partial charge in [0.1, 0.15) is 23.9 Å². The summed E-state index contributed by atoms with van der Waals surface area (Å²) in [5, 5.41) is 6.51. The van der Waals surface area contributed by atoms with E-state index in [0.29, 0.717) is 31.1 Å². The Morgan fingerprint density at radius 1 is 1.20 bits per heavy atom. The van der Waals surface area contributed by atoms with Crippen molar-refractivity contribution in [2.24, 2.45) is 0 Å². The first kappa shape index (κ1) is 27.1. The topological polar surface area (TPSA) is 140 Å². The number of carbonyl (C=O) groups excluding carboxylic acids is 2. The minimum Gasteiger partial charge on any atom is -0.493 e. The highest BCUT2D eigenvalue weighted by Crippen LogP contribution is 2.26. The Morgan fingerprint density at radius 3 is 2.88 bits per heavy atom. The standard InChI is InChI=1S/C27H29FN6O6/c1-18(30-25(35)23-5-2-13-39-23)27(36)34-10-3-8-33(11-12-34)9-4-14-38-19-6-7-20(21(28)15-19)24-31-26(40-32-24)22-16-37-17-29-22/h2,5-7,13,15-18H,3-4,8-12,14H2,1H3,(H,30,35)/t18-/m0/s1. The molecule has 2 amide bonds. The third-order valence-electron chi connectivity index (χ3n) is 6.51. The Kier molecular flexibility index (Phi) is 8.50. The second-order valence-corrected chi connectivity index (χ2v) is 9.33. The number of hydrogen-bond donors (Lipinski definition) is 1. The first-order valence-electron chi connectivity index (χ1n) is 13.0. The van der Waals surface area contributed by atoms with E-state index in [1.54, 1.807) is 36.1 Å². The highest BCUT2D eigenvalue weighted by atomic mass is 19.1. The molecule has 0 radical (unpaired) electrons. The molecule has 1 aliphatic heterocycles. The minimum atomic E-state index is -0.653. The quantitative estimate of drug-likeness (QED) is 0.292. The van der Waals surface area contributed by atoms with Crippen LogP contribution < -0.4 is 10.1 Å². The highest BCUT2D eigenvalue weighted by Gasteiger charge is 2.25. The molecule has 0 unspecified atom stereocenters. The largest absolute Gasteiger partial charge is 0.493 e. The zero-order valence-corrected chi connectivity index (χ0v) is 21.9. The molecule has 4 aromatic rings. The van der Waals surface area contributed by atoms with Crippen molar-refractivity contribution in [3.05, 3.63) is 60.8 Å². The van der Waals surface area contributed by atoms with Crippen LogP contribution in [0.15, 0.2) is 62.6 Å². The van der Waals surface area contributed by atoms with Crippen LogP contribution >= 0.6 is 0 Å². The number of halogens is 1. The minimum absolute atomic E-state index is 0.102. The molecule has 0 saturated carbocycles. The number of rotatable bonds is 10. The molecule has 4 heterocycles. The van der Waals surface area contributed by atoms with Crippen LogP contribution in [0.1, 0.15) is 30.3 Å². The van der Waals surface area contributed by atoms with Gasteiger partial charge in [-0.15, -0.1) is 0 Å². The normalized spacial score (nSPS) is 15.0. The van der Waals surface area contributed by atoms with Crippen molar-refractivity contribution >= 4 is 11.8 Å². The number of nitrogens with one attached hydrogen (secondary N) is 1. The first-order chi connectivity index (χ1) is 19.5. The van der Waals surface area contributed by atoms with Crippen molar-refractivity contribution in [3.63, 3.8) is 0 Å². The van der Waals surface area contributed by atoms with Crippen LogP contribution in [0.5, 0.6) is 5.75 Å². The predicted octanol–water partition coefficient (Wildman–Crippen LogP) is 3.25. The fourth-order valence-electron chi connectivity index (χ4n) is 4.43. The predicted molar refractivity (Wildman–Crippen MR) is 139 cm³/mol. The third-order valence-corrected chi connectivity index (χ3v) is 6.51. The Morgan fingerprint density at radius 2 is 2.10 bits per heavy atom. The number of amides is 2. The van der Waals surface area contributed by atoms with Gasteiger partial charge in [-0.2, -0.15) is 4.98 Å². The summed E-state index contributed by atoms with van der Waals surface area (Å²) in [7, 11) is 0. The molecule has 0 spiro atoms. The van der Waals surface area contributed by atoms with Crippen LogP contribution in [0.2, 0.25) is 0 Å². The van der Waals surface area contributed by atoms with E-state index in [1.807, 2.05) is 0 Å². The maximum atomic E-state index is 14.7. The summed E-state index contributed by atoms with van der Waals surface area (Å²) >= 11 is 0. The molecule has 0 bridgehead atoms. The molecule has 5 rings (SSSR count). The molecular formula is C27H29FN6O6. The number of ether oxygens (including phenoxy) is 1. The van der Waals surface area contributed by atoms with Gasteiger partial charge in [-0.25, -0.2) is 9.37 Å². The number of oxazole rings is 1. The van der Waals surface area contributed by atoms with Crippen molar-refractivity contribution in [1.29, 1.82) is 0 Å². The van der Waals surface area contributed by atoms with Crippen LogP contribution in [0.4, 0.5) is 4.39 Å². The zero-order chi connectivity index (χ0) is 27.9. The van der Waals surface area contributed by atoms with E-state index in [1.165, 1.54) is 25.0 Å². The van der Waals surface area contributed by atoms with Crippen molar-refractivity contribution in [2.75, 3.05) is 39.3 Å². The van der Waals surface area contributed by atoms with Crippen LogP contribution in [-0.2, 0) is 4.79 Å². The van der Waals surface area contributed by atoms with Gasteiger partial charge in [-0.3, -0.25) is 9.59 Å². The van der Waals surface area contributed by atoms with Crippen molar-refractivity contribution in [2.45, 2.75) is 25.8 Å². The second kappa shape index (κ2) is 12.6. The molecule has 12 nitrogen and oxygen atoms in total. The number of hydrogen-bond acceptors (Lipinski definition) is 10. The van der Waals surface area contributed by atoms with Crippen molar-refractivity contribution in [1.82, 2.24) is 30.2 Å². The lowest BCUT2D eigenvalue weighted by atomic mass is 10.2. The van der Waals surface area contributed by atoms with Crippen molar-refractivity contribution in [3.8, 4) is 28.7 Å². The summed E-state index contributed by atoms with van der Waals surface area (Å²) in [5.74, 6) is -0.251. The summed E-state index contributed by atoms with van der Waals surface area (Å²) in [5.41, 5.74) is 0.552. The Bertz CT molecular complexity index is 1410. The van der Waals surface area contributed by atoms with Gasteiger partial charge in [0.25, 0.3) is 11.8 Å². The fourth-order valence-corrected chi connectivity index (χ4v) is 4.43. The molecule has 1 aliphatic rings. The van der Waals surface area contributed by atoms with E-state index >= 15 is 0 Å². The summed E-state index contributed by atoms with van der Waals surface area (Å²) in [6.45, 7) is 5.63. The molecule has 1 fully saturated rings.